The molecule has 0 bridgehead atoms. The highest BCUT2D eigenvalue weighted by Gasteiger charge is 2.58. The van der Waals surface area contributed by atoms with E-state index >= 15 is 0 Å². The minimum atomic E-state index is -0.173. The van der Waals surface area contributed by atoms with Crippen LogP contribution >= 0.6 is 0 Å². The largest absolute Gasteiger partial charge is 0.495 e. The number of ketones is 1. The van der Waals surface area contributed by atoms with Crippen molar-refractivity contribution in [2.75, 3.05) is 12.4 Å². The molecule has 1 N–H and O–H groups in total. The lowest BCUT2D eigenvalue weighted by Crippen LogP contribution is -2.44. The molecule has 174 valence electrons. The standard InChI is InChI=1S/C28H34N2O3/c1-28-15-14-22-21-8-4-3-6-18(21)10-12-23(22)27(28)19(16-24(28)31)7-5-9-26(32)30-25-13-11-20(33-2)17-29-25/h3-4,6,8,11,13,17,19,22-23,27H,5,7,9-10,12,14-16H2,1-2H3,(H,29,30,32)/t19-,22?,23?,27?,28-/m1/s1. The van der Waals surface area contributed by atoms with Crippen molar-refractivity contribution in [1.82, 2.24) is 4.98 Å². The number of anilines is 1. The maximum Gasteiger partial charge on any atom is 0.225 e. The molecule has 5 atom stereocenters. The Hall–Kier alpha value is -2.69. The minimum Gasteiger partial charge on any atom is -0.495 e. The summed E-state index contributed by atoms with van der Waals surface area (Å²) in [6.07, 6.45) is 8.95. The molecule has 0 spiro atoms. The number of amides is 1. The van der Waals surface area contributed by atoms with Gasteiger partial charge in [0.05, 0.1) is 13.3 Å². The zero-order valence-corrected chi connectivity index (χ0v) is 19.7. The van der Waals surface area contributed by atoms with E-state index in [1.165, 1.54) is 17.5 Å². The number of nitrogens with zero attached hydrogens (tertiary/aromatic N) is 1. The average molecular weight is 447 g/mol. The maximum absolute atomic E-state index is 13.2. The van der Waals surface area contributed by atoms with Crippen LogP contribution in [0.5, 0.6) is 5.75 Å². The van der Waals surface area contributed by atoms with Gasteiger partial charge in [-0.25, -0.2) is 4.98 Å². The highest BCUT2D eigenvalue weighted by atomic mass is 16.5. The number of pyridine rings is 1. The first-order chi connectivity index (χ1) is 16.0. The number of fused-ring (bicyclic) bond motifs is 5. The van der Waals surface area contributed by atoms with Crippen LogP contribution < -0.4 is 10.1 Å². The fourth-order valence-electron chi connectivity index (χ4n) is 7.15. The Morgan fingerprint density at radius 2 is 2.06 bits per heavy atom. The summed E-state index contributed by atoms with van der Waals surface area (Å²) in [5, 5.41) is 2.87. The second-order valence-electron chi connectivity index (χ2n) is 10.4. The summed E-state index contributed by atoms with van der Waals surface area (Å²) in [5.74, 6) is 3.67. The fourth-order valence-corrected chi connectivity index (χ4v) is 7.15. The number of rotatable bonds is 6. The van der Waals surface area contributed by atoms with Crippen molar-refractivity contribution in [2.24, 2.45) is 23.2 Å². The normalized spacial score (nSPS) is 30.2. The Morgan fingerprint density at radius 1 is 1.21 bits per heavy atom. The van der Waals surface area contributed by atoms with E-state index in [0.717, 1.165) is 32.1 Å². The monoisotopic (exact) mass is 446 g/mol. The van der Waals surface area contributed by atoms with Crippen molar-refractivity contribution in [3.05, 3.63) is 53.7 Å². The number of carbonyl (C=O) groups is 2. The second-order valence-corrected chi connectivity index (χ2v) is 10.4. The van der Waals surface area contributed by atoms with Gasteiger partial charge in [0.2, 0.25) is 5.91 Å². The van der Waals surface area contributed by atoms with Crippen molar-refractivity contribution in [1.29, 1.82) is 0 Å². The number of aromatic nitrogens is 1. The number of carbonyl (C=O) groups excluding carboxylic acids is 2. The zero-order chi connectivity index (χ0) is 23.0. The number of nitrogens with one attached hydrogen (secondary N) is 1. The van der Waals surface area contributed by atoms with Gasteiger partial charge in [0.25, 0.3) is 0 Å². The molecular weight excluding hydrogens is 412 g/mol. The lowest BCUT2D eigenvalue weighted by molar-refractivity contribution is -0.129. The van der Waals surface area contributed by atoms with Crippen molar-refractivity contribution in [3.63, 3.8) is 0 Å². The molecule has 1 amide bonds. The molecule has 1 aromatic heterocycles. The van der Waals surface area contributed by atoms with Gasteiger partial charge in [-0.2, -0.15) is 0 Å². The van der Waals surface area contributed by atoms with Crippen molar-refractivity contribution in [3.8, 4) is 5.75 Å². The molecule has 5 heteroatoms. The fraction of sp³-hybridized carbons (Fsp3) is 0.536. The van der Waals surface area contributed by atoms with E-state index in [2.05, 4.69) is 41.5 Å². The maximum atomic E-state index is 13.2. The van der Waals surface area contributed by atoms with Crippen LogP contribution in [0.3, 0.4) is 0 Å². The van der Waals surface area contributed by atoms with E-state index in [-0.39, 0.29) is 11.3 Å². The molecule has 0 saturated heterocycles. The van der Waals surface area contributed by atoms with E-state index in [1.54, 1.807) is 25.4 Å². The zero-order valence-electron chi connectivity index (χ0n) is 19.7. The van der Waals surface area contributed by atoms with Crippen molar-refractivity contribution < 1.29 is 14.3 Å². The third-order valence-corrected chi connectivity index (χ3v) is 8.70. The SMILES string of the molecule is COc1ccc(NC(=O)CCC[C@@H]2CC(=O)[C@@]3(C)CCC4c5ccccc5CCC4C23)nc1. The summed E-state index contributed by atoms with van der Waals surface area (Å²) >= 11 is 0. The molecule has 3 aliphatic rings. The Bertz CT molecular complexity index is 1030. The van der Waals surface area contributed by atoms with Gasteiger partial charge >= 0.3 is 0 Å². The van der Waals surface area contributed by atoms with Crippen LogP contribution in [0.2, 0.25) is 0 Å². The van der Waals surface area contributed by atoms with Gasteiger partial charge in [0.15, 0.2) is 0 Å². The van der Waals surface area contributed by atoms with E-state index in [0.29, 0.717) is 53.9 Å². The second kappa shape index (κ2) is 8.92. The van der Waals surface area contributed by atoms with Gasteiger partial charge in [-0.15, -0.1) is 0 Å². The topological polar surface area (TPSA) is 68.3 Å². The number of ether oxygens (including phenoxy) is 1. The number of Topliss-reactive ketones (excluding diaryl/α,β-unsaturated/α-hetero) is 1. The van der Waals surface area contributed by atoms with Crippen LogP contribution in [0.25, 0.3) is 0 Å². The third kappa shape index (κ3) is 4.07. The molecule has 5 rings (SSSR count). The third-order valence-electron chi connectivity index (χ3n) is 8.70. The Balaban J connectivity index is 1.23. The van der Waals surface area contributed by atoms with Crippen LogP contribution in [-0.4, -0.2) is 23.8 Å². The molecule has 5 nitrogen and oxygen atoms in total. The Labute approximate surface area is 196 Å². The minimum absolute atomic E-state index is 0.0205. The molecule has 2 saturated carbocycles. The Kier molecular flexibility index (Phi) is 5.98. The number of hydrogen-bond acceptors (Lipinski definition) is 4. The first kappa shape index (κ1) is 22.1. The van der Waals surface area contributed by atoms with Gasteiger partial charge in [-0.05, 0) is 85.5 Å². The lowest BCUT2D eigenvalue weighted by Gasteiger charge is -2.50. The van der Waals surface area contributed by atoms with Crippen LogP contribution in [0.1, 0.15) is 68.9 Å². The van der Waals surface area contributed by atoms with E-state index in [4.69, 9.17) is 4.74 Å². The molecule has 33 heavy (non-hydrogen) atoms. The van der Waals surface area contributed by atoms with E-state index in [9.17, 15) is 9.59 Å². The highest BCUT2D eigenvalue weighted by molar-refractivity contribution is 5.90. The molecule has 1 aromatic carbocycles. The van der Waals surface area contributed by atoms with E-state index < -0.39 is 0 Å². The van der Waals surface area contributed by atoms with Crippen molar-refractivity contribution >= 4 is 17.5 Å². The number of methoxy groups -OCH3 is 1. The average Bonchev–Trinajstić information content (AvgIpc) is 3.09. The summed E-state index contributed by atoms with van der Waals surface area (Å²) in [7, 11) is 1.59. The number of benzene rings is 1. The van der Waals surface area contributed by atoms with Gasteiger partial charge in [-0.3, -0.25) is 9.59 Å². The number of hydrogen-bond donors (Lipinski definition) is 1. The summed E-state index contributed by atoms with van der Waals surface area (Å²) in [4.78, 5) is 29.8. The van der Waals surface area contributed by atoms with Crippen LogP contribution in [0.15, 0.2) is 42.6 Å². The molecule has 1 heterocycles. The number of aryl methyl sites for hydroxylation is 1. The predicted molar refractivity (Wildman–Crippen MR) is 128 cm³/mol. The van der Waals surface area contributed by atoms with Gasteiger partial charge < -0.3 is 10.1 Å². The first-order valence-corrected chi connectivity index (χ1v) is 12.4. The van der Waals surface area contributed by atoms with Gasteiger partial charge in [0.1, 0.15) is 17.4 Å². The van der Waals surface area contributed by atoms with Crippen LogP contribution in [0, 0.1) is 23.2 Å². The lowest BCUT2D eigenvalue weighted by atomic mass is 9.54. The summed E-state index contributed by atoms with van der Waals surface area (Å²) in [6.45, 7) is 2.23. The first-order valence-electron chi connectivity index (χ1n) is 12.4. The summed E-state index contributed by atoms with van der Waals surface area (Å²) in [6, 6.07) is 12.5. The summed E-state index contributed by atoms with van der Waals surface area (Å²) in [5.41, 5.74) is 2.86. The smallest absolute Gasteiger partial charge is 0.225 e. The molecule has 0 aliphatic heterocycles. The molecule has 2 aromatic rings. The van der Waals surface area contributed by atoms with E-state index in [1.807, 2.05) is 0 Å². The Morgan fingerprint density at radius 3 is 2.85 bits per heavy atom. The highest BCUT2D eigenvalue weighted by Crippen LogP contribution is 2.62. The van der Waals surface area contributed by atoms with Gasteiger partial charge in [0, 0.05) is 18.3 Å². The van der Waals surface area contributed by atoms with Gasteiger partial charge in [-0.1, -0.05) is 31.2 Å². The van der Waals surface area contributed by atoms with Crippen LogP contribution in [0.4, 0.5) is 5.82 Å². The quantitative estimate of drug-likeness (QED) is 0.632. The molecule has 0 radical (unpaired) electrons. The van der Waals surface area contributed by atoms with Crippen LogP contribution in [-0.2, 0) is 16.0 Å². The van der Waals surface area contributed by atoms with Crippen molar-refractivity contribution in [2.45, 2.75) is 64.2 Å². The molecule has 3 aliphatic carbocycles. The molecule has 2 fully saturated rings. The molecular formula is C28H34N2O3. The summed E-state index contributed by atoms with van der Waals surface area (Å²) < 4.78 is 5.11. The molecule has 3 unspecified atom stereocenters. The predicted octanol–water partition coefficient (Wildman–Crippen LogP) is 5.55.